The number of hydrogen-bond donors (Lipinski definition) is 2. The van der Waals surface area contributed by atoms with Crippen LogP contribution in [0.2, 0.25) is 0 Å². The highest BCUT2D eigenvalue weighted by atomic mass is 16.5. The molecule has 1 aromatic rings. The topological polar surface area (TPSA) is 58.6 Å². The third-order valence-electron chi connectivity index (χ3n) is 2.02. The third-order valence-corrected chi connectivity index (χ3v) is 2.02. The molecule has 0 bridgehead atoms. The Morgan fingerprint density at radius 1 is 1.33 bits per heavy atom. The standard InChI is InChI=1S/C11H15NO3/c1-11(2,14)8-4-6-9(7-5-8)12-10(13)15-3/h4-7,14H,1-3H3,(H,12,13). The quantitative estimate of drug-likeness (QED) is 0.784. The fraction of sp³-hybridized carbons (Fsp3) is 0.364. The number of benzene rings is 1. The predicted octanol–water partition coefficient (Wildman–Crippen LogP) is 2.09. The van der Waals surface area contributed by atoms with Crippen LogP contribution in [0.15, 0.2) is 24.3 Å². The van der Waals surface area contributed by atoms with Crippen LogP contribution in [0.5, 0.6) is 0 Å². The molecule has 1 aromatic carbocycles. The lowest BCUT2D eigenvalue weighted by Gasteiger charge is -2.17. The van der Waals surface area contributed by atoms with Crippen LogP contribution in [0, 0.1) is 0 Å². The minimum absolute atomic E-state index is 0.508. The highest BCUT2D eigenvalue weighted by Gasteiger charge is 2.15. The number of anilines is 1. The molecule has 0 atom stereocenters. The zero-order valence-corrected chi connectivity index (χ0v) is 9.07. The van der Waals surface area contributed by atoms with Crippen LogP contribution >= 0.6 is 0 Å². The fourth-order valence-electron chi connectivity index (χ4n) is 1.13. The van der Waals surface area contributed by atoms with Crippen molar-refractivity contribution in [1.29, 1.82) is 0 Å². The molecule has 0 aromatic heterocycles. The van der Waals surface area contributed by atoms with Crippen LogP contribution in [0.25, 0.3) is 0 Å². The number of nitrogens with one attached hydrogen (secondary N) is 1. The van der Waals surface area contributed by atoms with E-state index in [0.717, 1.165) is 5.56 Å². The van der Waals surface area contributed by atoms with Gasteiger partial charge in [-0.25, -0.2) is 4.79 Å². The number of carbonyl (C=O) groups is 1. The normalized spacial score (nSPS) is 10.9. The molecule has 0 heterocycles. The Bertz CT molecular complexity index is 338. The molecule has 4 nitrogen and oxygen atoms in total. The van der Waals surface area contributed by atoms with E-state index in [1.165, 1.54) is 7.11 Å². The van der Waals surface area contributed by atoms with Gasteiger partial charge >= 0.3 is 6.09 Å². The molecular formula is C11H15NO3. The number of hydrogen-bond acceptors (Lipinski definition) is 3. The van der Waals surface area contributed by atoms with Crippen molar-refractivity contribution in [2.45, 2.75) is 19.4 Å². The van der Waals surface area contributed by atoms with Gasteiger partial charge in [0.05, 0.1) is 12.7 Å². The van der Waals surface area contributed by atoms with Gasteiger partial charge in [-0.1, -0.05) is 12.1 Å². The Labute approximate surface area is 88.9 Å². The number of methoxy groups -OCH3 is 1. The van der Waals surface area contributed by atoms with E-state index in [1.807, 2.05) is 0 Å². The van der Waals surface area contributed by atoms with Gasteiger partial charge in [0.2, 0.25) is 0 Å². The first-order chi connectivity index (χ1) is 6.93. The van der Waals surface area contributed by atoms with E-state index in [0.29, 0.717) is 5.69 Å². The molecule has 0 aliphatic rings. The first-order valence-corrected chi connectivity index (χ1v) is 4.61. The van der Waals surface area contributed by atoms with Crippen molar-refractivity contribution in [2.75, 3.05) is 12.4 Å². The van der Waals surface area contributed by atoms with Gasteiger partial charge in [-0.15, -0.1) is 0 Å². The lowest BCUT2D eigenvalue weighted by Crippen LogP contribution is -2.15. The summed E-state index contributed by atoms with van der Waals surface area (Å²) in [7, 11) is 1.31. The van der Waals surface area contributed by atoms with E-state index >= 15 is 0 Å². The molecule has 0 unspecified atom stereocenters. The van der Waals surface area contributed by atoms with Crippen molar-refractivity contribution in [2.24, 2.45) is 0 Å². The van der Waals surface area contributed by atoms with E-state index in [9.17, 15) is 9.90 Å². The van der Waals surface area contributed by atoms with Crippen LogP contribution in [0.3, 0.4) is 0 Å². The number of rotatable bonds is 2. The lowest BCUT2D eigenvalue weighted by atomic mass is 9.98. The second kappa shape index (κ2) is 4.31. The maximum Gasteiger partial charge on any atom is 0.411 e. The van der Waals surface area contributed by atoms with Gasteiger partial charge in [-0.2, -0.15) is 0 Å². The number of aliphatic hydroxyl groups is 1. The Hall–Kier alpha value is -1.55. The minimum atomic E-state index is -0.871. The lowest BCUT2D eigenvalue weighted by molar-refractivity contribution is 0.0786. The SMILES string of the molecule is COC(=O)Nc1ccc(C(C)(C)O)cc1. The van der Waals surface area contributed by atoms with E-state index in [1.54, 1.807) is 38.1 Å². The maximum atomic E-state index is 10.9. The van der Waals surface area contributed by atoms with Gasteiger partial charge in [0.1, 0.15) is 0 Å². The smallest absolute Gasteiger partial charge is 0.411 e. The molecule has 0 radical (unpaired) electrons. The number of ether oxygens (including phenoxy) is 1. The molecular weight excluding hydrogens is 194 g/mol. The van der Waals surface area contributed by atoms with Gasteiger partial charge in [-0.05, 0) is 31.5 Å². The molecule has 2 N–H and O–H groups in total. The summed E-state index contributed by atoms with van der Waals surface area (Å²) >= 11 is 0. The summed E-state index contributed by atoms with van der Waals surface area (Å²) in [6, 6.07) is 6.94. The molecule has 1 rings (SSSR count). The number of carbonyl (C=O) groups excluding carboxylic acids is 1. The molecule has 4 heteroatoms. The van der Waals surface area contributed by atoms with Crippen molar-refractivity contribution in [3.8, 4) is 0 Å². The molecule has 0 fully saturated rings. The van der Waals surface area contributed by atoms with E-state index < -0.39 is 11.7 Å². The van der Waals surface area contributed by atoms with Crippen LogP contribution in [0.1, 0.15) is 19.4 Å². The fourth-order valence-corrected chi connectivity index (χ4v) is 1.13. The Balaban J connectivity index is 2.77. The predicted molar refractivity (Wildman–Crippen MR) is 57.7 cm³/mol. The summed E-state index contributed by atoms with van der Waals surface area (Å²) in [6.45, 7) is 3.41. The van der Waals surface area contributed by atoms with Gasteiger partial charge in [0.25, 0.3) is 0 Å². The van der Waals surface area contributed by atoms with Gasteiger partial charge < -0.3 is 9.84 Å². The van der Waals surface area contributed by atoms with E-state index in [-0.39, 0.29) is 0 Å². The Morgan fingerprint density at radius 3 is 2.27 bits per heavy atom. The van der Waals surface area contributed by atoms with Crippen molar-refractivity contribution < 1.29 is 14.6 Å². The third kappa shape index (κ3) is 3.25. The monoisotopic (exact) mass is 209 g/mol. The molecule has 1 amide bonds. The second-order valence-electron chi connectivity index (χ2n) is 3.75. The first-order valence-electron chi connectivity index (χ1n) is 4.61. The van der Waals surface area contributed by atoms with Gasteiger partial charge in [0.15, 0.2) is 0 Å². The van der Waals surface area contributed by atoms with Crippen LogP contribution in [-0.4, -0.2) is 18.3 Å². The zero-order chi connectivity index (χ0) is 11.5. The summed E-state index contributed by atoms with van der Waals surface area (Å²) in [5, 5.41) is 12.2. The summed E-state index contributed by atoms with van der Waals surface area (Å²) in [5.74, 6) is 0. The Morgan fingerprint density at radius 2 is 1.87 bits per heavy atom. The molecule has 15 heavy (non-hydrogen) atoms. The van der Waals surface area contributed by atoms with Crippen LogP contribution in [-0.2, 0) is 10.3 Å². The van der Waals surface area contributed by atoms with Gasteiger partial charge in [0, 0.05) is 5.69 Å². The second-order valence-corrected chi connectivity index (χ2v) is 3.75. The largest absolute Gasteiger partial charge is 0.453 e. The first kappa shape index (κ1) is 11.5. The highest BCUT2D eigenvalue weighted by molar-refractivity contribution is 5.84. The molecule has 0 saturated heterocycles. The summed E-state index contributed by atoms with van der Waals surface area (Å²) < 4.78 is 4.45. The molecule has 0 spiro atoms. The van der Waals surface area contributed by atoms with Crippen LogP contribution in [0.4, 0.5) is 10.5 Å². The zero-order valence-electron chi connectivity index (χ0n) is 9.07. The van der Waals surface area contributed by atoms with E-state index in [2.05, 4.69) is 10.1 Å². The summed E-state index contributed by atoms with van der Waals surface area (Å²) in [5.41, 5.74) is 0.553. The van der Waals surface area contributed by atoms with E-state index in [4.69, 9.17) is 0 Å². The molecule has 0 aliphatic heterocycles. The van der Waals surface area contributed by atoms with Crippen molar-refractivity contribution in [3.63, 3.8) is 0 Å². The maximum absolute atomic E-state index is 10.9. The van der Waals surface area contributed by atoms with Crippen molar-refractivity contribution in [1.82, 2.24) is 0 Å². The molecule has 0 aliphatic carbocycles. The van der Waals surface area contributed by atoms with Crippen molar-refractivity contribution in [3.05, 3.63) is 29.8 Å². The molecule has 0 saturated carbocycles. The van der Waals surface area contributed by atoms with Gasteiger partial charge in [-0.3, -0.25) is 5.32 Å². The molecule has 82 valence electrons. The minimum Gasteiger partial charge on any atom is -0.453 e. The number of amides is 1. The summed E-state index contributed by atoms with van der Waals surface area (Å²) in [4.78, 5) is 10.9. The highest BCUT2D eigenvalue weighted by Crippen LogP contribution is 2.21. The van der Waals surface area contributed by atoms with Crippen molar-refractivity contribution >= 4 is 11.8 Å². The average molecular weight is 209 g/mol. The summed E-state index contributed by atoms with van der Waals surface area (Å²) in [6.07, 6.45) is -0.508. The van der Waals surface area contributed by atoms with Crippen LogP contribution < -0.4 is 5.32 Å². The average Bonchev–Trinajstić information content (AvgIpc) is 2.17. The Kier molecular flexibility index (Phi) is 3.31.